The number of hydrazine groups is 1. The number of carbonyl (C=O) groups excluding carboxylic acids is 2. The van der Waals surface area contributed by atoms with E-state index in [2.05, 4.69) is 10.9 Å². The van der Waals surface area contributed by atoms with Crippen LogP contribution in [0.3, 0.4) is 0 Å². The van der Waals surface area contributed by atoms with Gasteiger partial charge < -0.3 is 9.80 Å². The molecule has 0 aliphatic rings. The lowest BCUT2D eigenvalue weighted by atomic mass is 10.6. The van der Waals surface area contributed by atoms with Crippen molar-refractivity contribution in [2.24, 2.45) is 0 Å². The fourth-order valence-electron chi connectivity index (χ4n) is 0.458. The predicted molar refractivity (Wildman–Crippen MR) is 49.1 cm³/mol. The minimum absolute atomic E-state index is 0.335. The maximum atomic E-state index is 11.1. The maximum absolute atomic E-state index is 11.1. The lowest BCUT2D eigenvalue weighted by molar-refractivity contribution is 0.194. The van der Waals surface area contributed by atoms with Gasteiger partial charge in [0.05, 0.1) is 0 Å². The van der Waals surface area contributed by atoms with E-state index in [1.54, 1.807) is 21.1 Å². The molecule has 0 spiro atoms. The van der Waals surface area contributed by atoms with Crippen molar-refractivity contribution in [2.75, 3.05) is 27.7 Å². The average molecular weight is 188 g/mol. The first-order chi connectivity index (χ1) is 5.99. The zero-order valence-corrected chi connectivity index (χ0v) is 8.42. The molecule has 0 fully saturated rings. The van der Waals surface area contributed by atoms with Gasteiger partial charge in [-0.25, -0.2) is 20.4 Å². The first kappa shape index (κ1) is 11.5. The van der Waals surface area contributed by atoms with Crippen LogP contribution < -0.4 is 10.9 Å². The van der Waals surface area contributed by atoms with Crippen LogP contribution in [-0.4, -0.2) is 49.5 Å². The summed E-state index contributed by atoms with van der Waals surface area (Å²) in [5.41, 5.74) is 4.50. The highest BCUT2D eigenvalue weighted by molar-refractivity contribution is 5.79. The molecule has 0 saturated carbocycles. The molecule has 0 aromatic heterocycles. The average Bonchev–Trinajstić information content (AvgIpc) is 2.11. The van der Waals surface area contributed by atoms with E-state index in [9.17, 15) is 9.59 Å². The Balaban J connectivity index is 3.77. The second-order valence-corrected chi connectivity index (χ2v) is 2.77. The van der Waals surface area contributed by atoms with Crippen LogP contribution in [0.25, 0.3) is 0 Å². The van der Waals surface area contributed by atoms with E-state index < -0.39 is 0 Å². The summed E-state index contributed by atoms with van der Waals surface area (Å²) in [7, 11) is 4.81. The number of carbonyl (C=O) groups is 2. The van der Waals surface area contributed by atoms with Crippen molar-refractivity contribution in [2.45, 2.75) is 6.92 Å². The Bertz CT molecular complexity index is 193. The van der Waals surface area contributed by atoms with E-state index >= 15 is 0 Å². The molecule has 2 N–H and O–H groups in total. The molecule has 0 rings (SSSR count). The van der Waals surface area contributed by atoms with Crippen LogP contribution in [0.1, 0.15) is 6.92 Å². The number of nitrogens with zero attached hydrogens (tertiary/aromatic N) is 2. The molecule has 0 saturated heterocycles. The second kappa shape index (κ2) is 5.23. The Morgan fingerprint density at radius 2 is 1.54 bits per heavy atom. The Morgan fingerprint density at radius 1 is 1.08 bits per heavy atom. The van der Waals surface area contributed by atoms with Gasteiger partial charge in [-0.15, -0.1) is 0 Å². The van der Waals surface area contributed by atoms with Gasteiger partial charge in [0, 0.05) is 27.7 Å². The molecule has 0 aliphatic heterocycles. The van der Waals surface area contributed by atoms with Crippen molar-refractivity contribution in [3.8, 4) is 0 Å². The highest BCUT2D eigenvalue weighted by Crippen LogP contribution is 1.81. The Hall–Kier alpha value is -1.46. The lowest BCUT2D eigenvalue weighted by Crippen LogP contribution is -2.50. The van der Waals surface area contributed by atoms with Crippen molar-refractivity contribution in [1.82, 2.24) is 20.7 Å². The van der Waals surface area contributed by atoms with Crippen LogP contribution in [0.5, 0.6) is 0 Å². The van der Waals surface area contributed by atoms with E-state index in [-0.39, 0.29) is 12.1 Å². The number of hydrogen-bond acceptors (Lipinski definition) is 2. The first-order valence-electron chi connectivity index (χ1n) is 3.97. The molecule has 0 aliphatic carbocycles. The normalized spacial score (nSPS) is 8.92. The lowest BCUT2D eigenvalue weighted by Gasteiger charge is -2.17. The fourth-order valence-corrected chi connectivity index (χ4v) is 0.458. The van der Waals surface area contributed by atoms with E-state index in [1.807, 2.05) is 6.92 Å². The Morgan fingerprint density at radius 3 is 1.92 bits per heavy atom. The van der Waals surface area contributed by atoms with Crippen molar-refractivity contribution in [3.05, 3.63) is 0 Å². The molecule has 13 heavy (non-hydrogen) atoms. The van der Waals surface area contributed by atoms with Gasteiger partial charge in [0.25, 0.3) is 0 Å². The number of hydrogen-bond donors (Lipinski definition) is 2. The van der Waals surface area contributed by atoms with Crippen molar-refractivity contribution in [1.29, 1.82) is 0 Å². The largest absolute Gasteiger partial charge is 0.335 e. The third-order valence-electron chi connectivity index (χ3n) is 1.50. The number of urea groups is 2. The molecule has 0 aromatic carbocycles. The van der Waals surface area contributed by atoms with Gasteiger partial charge in [0.2, 0.25) is 0 Å². The molecule has 4 amide bonds. The smallest absolute Gasteiger partial charge is 0.330 e. The van der Waals surface area contributed by atoms with Crippen LogP contribution in [-0.2, 0) is 0 Å². The molecule has 0 heterocycles. The van der Waals surface area contributed by atoms with Gasteiger partial charge in [0.1, 0.15) is 0 Å². The van der Waals surface area contributed by atoms with Gasteiger partial charge in [-0.2, -0.15) is 0 Å². The van der Waals surface area contributed by atoms with E-state index in [0.29, 0.717) is 6.54 Å². The van der Waals surface area contributed by atoms with Gasteiger partial charge >= 0.3 is 12.1 Å². The van der Waals surface area contributed by atoms with Gasteiger partial charge in [0.15, 0.2) is 0 Å². The molecule has 0 atom stereocenters. The van der Waals surface area contributed by atoms with Crippen LogP contribution in [0.2, 0.25) is 0 Å². The first-order valence-corrected chi connectivity index (χ1v) is 3.97. The van der Waals surface area contributed by atoms with E-state index in [1.165, 1.54) is 9.80 Å². The number of rotatable bonds is 1. The zero-order valence-electron chi connectivity index (χ0n) is 8.42. The highest BCUT2D eigenvalue weighted by atomic mass is 16.2. The summed E-state index contributed by atoms with van der Waals surface area (Å²) in [4.78, 5) is 24.8. The van der Waals surface area contributed by atoms with Gasteiger partial charge in [-0.3, -0.25) is 0 Å². The quantitative estimate of drug-likeness (QED) is 0.561. The molecule has 0 unspecified atom stereocenters. The SMILES string of the molecule is CCN(C)C(=O)NNC(=O)N(C)C. The molecule has 0 aromatic rings. The van der Waals surface area contributed by atoms with Crippen molar-refractivity contribution >= 4 is 12.1 Å². The summed E-state index contributed by atoms with van der Waals surface area (Å²) in [5.74, 6) is 0. The summed E-state index contributed by atoms with van der Waals surface area (Å²) in [6.45, 7) is 2.43. The summed E-state index contributed by atoms with van der Waals surface area (Å²) in [6.07, 6.45) is 0. The summed E-state index contributed by atoms with van der Waals surface area (Å²) < 4.78 is 0. The molecule has 0 bridgehead atoms. The van der Waals surface area contributed by atoms with Crippen LogP contribution >= 0.6 is 0 Å². The molecular formula is C7H16N4O2. The monoisotopic (exact) mass is 188 g/mol. The molecule has 6 heteroatoms. The van der Waals surface area contributed by atoms with E-state index in [0.717, 1.165) is 0 Å². The second-order valence-electron chi connectivity index (χ2n) is 2.77. The Labute approximate surface area is 77.8 Å². The van der Waals surface area contributed by atoms with Crippen LogP contribution in [0, 0.1) is 0 Å². The molecule has 0 radical (unpaired) electrons. The van der Waals surface area contributed by atoms with Gasteiger partial charge in [-0.05, 0) is 6.92 Å². The predicted octanol–water partition coefficient (Wildman–Crippen LogP) is -0.166. The minimum Gasteiger partial charge on any atom is -0.330 e. The van der Waals surface area contributed by atoms with Crippen LogP contribution in [0.4, 0.5) is 9.59 Å². The standard InChI is InChI=1S/C7H16N4O2/c1-5-11(4)7(13)9-8-6(12)10(2)3/h5H2,1-4H3,(H,8,12)(H,9,13). The van der Waals surface area contributed by atoms with Crippen molar-refractivity contribution < 1.29 is 9.59 Å². The topological polar surface area (TPSA) is 64.7 Å². The number of amides is 4. The molecule has 6 nitrogen and oxygen atoms in total. The number of nitrogens with one attached hydrogen (secondary N) is 2. The minimum atomic E-state index is -0.363. The third-order valence-corrected chi connectivity index (χ3v) is 1.50. The maximum Gasteiger partial charge on any atom is 0.335 e. The fraction of sp³-hybridized carbons (Fsp3) is 0.714. The van der Waals surface area contributed by atoms with E-state index in [4.69, 9.17) is 0 Å². The highest BCUT2D eigenvalue weighted by Gasteiger charge is 2.07. The third kappa shape index (κ3) is 4.19. The van der Waals surface area contributed by atoms with Crippen LogP contribution in [0.15, 0.2) is 0 Å². The summed E-state index contributed by atoms with van der Waals surface area (Å²) >= 11 is 0. The van der Waals surface area contributed by atoms with Crippen molar-refractivity contribution in [3.63, 3.8) is 0 Å². The summed E-state index contributed by atoms with van der Waals surface area (Å²) in [6, 6.07) is -0.699. The van der Waals surface area contributed by atoms with Gasteiger partial charge in [-0.1, -0.05) is 0 Å². The molecule has 76 valence electrons. The molecular weight excluding hydrogens is 172 g/mol. The Kier molecular flexibility index (Phi) is 4.64. The zero-order chi connectivity index (χ0) is 10.4. The summed E-state index contributed by atoms with van der Waals surface area (Å²) in [5, 5.41) is 0.